The highest BCUT2D eigenvalue weighted by Gasteiger charge is 2.25. The van der Waals surface area contributed by atoms with E-state index < -0.39 is 0 Å². The van der Waals surface area contributed by atoms with Gasteiger partial charge in [-0.05, 0) is 13.5 Å². The van der Waals surface area contributed by atoms with Crippen molar-refractivity contribution in [2.75, 3.05) is 19.6 Å². The van der Waals surface area contributed by atoms with Gasteiger partial charge in [0, 0.05) is 19.1 Å². The summed E-state index contributed by atoms with van der Waals surface area (Å²) >= 11 is 0. The van der Waals surface area contributed by atoms with Gasteiger partial charge in [-0.25, -0.2) is 0 Å². The zero-order chi connectivity index (χ0) is 8.27. The highest BCUT2D eigenvalue weighted by Crippen LogP contribution is 2.06. The van der Waals surface area contributed by atoms with Gasteiger partial charge >= 0.3 is 0 Å². The number of carbonyl (C=O) groups excluding carboxylic acids is 1. The lowest BCUT2D eigenvalue weighted by Crippen LogP contribution is -2.56. The lowest BCUT2D eigenvalue weighted by molar-refractivity contribution is -0.113. The SMILES string of the molecule is CCN1C(C)CNCC1C=O. The van der Waals surface area contributed by atoms with Crippen LogP contribution in [0, 0.1) is 0 Å². The molecule has 64 valence electrons. The largest absolute Gasteiger partial charge is 0.313 e. The normalized spacial score (nSPS) is 33.6. The van der Waals surface area contributed by atoms with Gasteiger partial charge in [0.05, 0.1) is 6.04 Å². The summed E-state index contributed by atoms with van der Waals surface area (Å²) in [7, 11) is 0. The van der Waals surface area contributed by atoms with E-state index in [1.807, 2.05) is 0 Å². The molecule has 1 aliphatic heterocycles. The predicted molar refractivity (Wildman–Crippen MR) is 44.6 cm³/mol. The van der Waals surface area contributed by atoms with Gasteiger partial charge in [-0.1, -0.05) is 6.92 Å². The quantitative estimate of drug-likeness (QED) is 0.565. The minimum Gasteiger partial charge on any atom is -0.313 e. The summed E-state index contributed by atoms with van der Waals surface area (Å²) in [5, 5.41) is 3.23. The second-order valence-electron chi connectivity index (χ2n) is 3.04. The summed E-state index contributed by atoms with van der Waals surface area (Å²) in [5.74, 6) is 0. The summed E-state index contributed by atoms with van der Waals surface area (Å²) in [6, 6.07) is 0.577. The molecule has 2 atom stereocenters. The van der Waals surface area contributed by atoms with E-state index in [4.69, 9.17) is 0 Å². The van der Waals surface area contributed by atoms with Crippen molar-refractivity contribution in [1.82, 2.24) is 10.2 Å². The molecular weight excluding hydrogens is 140 g/mol. The van der Waals surface area contributed by atoms with Crippen LogP contribution in [0.2, 0.25) is 0 Å². The van der Waals surface area contributed by atoms with Gasteiger partial charge in [0.2, 0.25) is 0 Å². The van der Waals surface area contributed by atoms with Crippen LogP contribution in [0.1, 0.15) is 13.8 Å². The molecular formula is C8H16N2O. The molecule has 0 aromatic heterocycles. The molecule has 1 N–H and O–H groups in total. The van der Waals surface area contributed by atoms with Crippen molar-refractivity contribution in [1.29, 1.82) is 0 Å². The molecule has 3 nitrogen and oxygen atoms in total. The van der Waals surface area contributed by atoms with E-state index in [2.05, 4.69) is 24.1 Å². The zero-order valence-electron chi connectivity index (χ0n) is 7.21. The van der Waals surface area contributed by atoms with Crippen LogP contribution in [0.5, 0.6) is 0 Å². The third kappa shape index (κ3) is 1.79. The number of aldehydes is 1. The molecule has 1 rings (SSSR count). The van der Waals surface area contributed by atoms with Gasteiger partial charge in [-0.2, -0.15) is 0 Å². The first-order chi connectivity index (χ1) is 5.29. The van der Waals surface area contributed by atoms with Gasteiger partial charge in [0.25, 0.3) is 0 Å². The molecule has 3 heteroatoms. The van der Waals surface area contributed by atoms with Crippen LogP contribution >= 0.6 is 0 Å². The minimum atomic E-state index is 0.0868. The summed E-state index contributed by atoms with van der Waals surface area (Å²) < 4.78 is 0. The Kier molecular flexibility index (Phi) is 3.02. The topological polar surface area (TPSA) is 32.3 Å². The van der Waals surface area contributed by atoms with E-state index in [1.54, 1.807) is 0 Å². The van der Waals surface area contributed by atoms with E-state index in [-0.39, 0.29) is 6.04 Å². The number of likely N-dealkylation sites (N-methyl/N-ethyl adjacent to an activating group) is 1. The van der Waals surface area contributed by atoms with E-state index in [0.29, 0.717) is 6.04 Å². The molecule has 0 aromatic rings. The molecule has 0 aromatic carbocycles. The highest BCUT2D eigenvalue weighted by atomic mass is 16.1. The first-order valence-electron chi connectivity index (χ1n) is 4.21. The van der Waals surface area contributed by atoms with Crippen molar-refractivity contribution in [3.05, 3.63) is 0 Å². The lowest BCUT2D eigenvalue weighted by atomic mass is 10.1. The Morgan fingerprint density at radius 2 is 2.36 bits per heavy atom. The number of nitrogens with one attached hydrogen (secondary N) is 1. The Labute approximate surface area is 67.8 Å². The van der Waals surface area contributed by atoms with Gasteiger partial charge in [0.15, 0.2) is 0 Å². The van der Waals surface area contributed by atoms with Gasteiger partial charge in [-0.15, -0.1) is 0 Å². The Hall–Kier alpha value is -0.410. The highest BCUT2D eigenvalue weighted by molar-refractivity contribution is 5.58. The molecule has 11 heavy (non-hydrogen) atoms. The number of hydrogen-bond donors (Lipinski definition) is 1. The number of piperazine rings is 1. The zero-order valence-corrected chi connectivity index (χ0v) is 7.21. The first-order valence-corrected chi connectivity index (χ1v) is 4.21. The first kappa shape index (κ1) is 8.68. The molecule has 1 saturated heterocycles. The monoisotopic (exact) mass is 156 g/mol. The minimum absolute atomic E-state index is 0.0868. The molecule has 0 saturated carbocycles. The molecule has 0 radical (unpaired) electrons. The van der Waals surface area contributed by atoms with Crippen molar-refractivity contribution in [2.45, 2.75) is 25.9 Å². The van der Waals surface area contributed by atoms with Crippen LogP contribution in [0.25, 0.3) is 0 Å². The smallest absolute Gasteiger partial charge is 0.138 e. The van der Waals surface area contributed by atoms with Crippen LogP contribution in [0.3, 0.4) is 0 Å². The van der Waals surface area contributed by atoms with Gasteiger partial charge in [0.1, 0.15) is 6.29 Å². The van der Waals surface area contributed by atoms with Crippen LogP contribution in [0.4, 0.5) is 0 Å². The second-order valence-corrected chi connectivity index (χ2v) is 3.04. The number of nitrogens with zero attached hydrogens (tertiary/aromatic N) is 1. The predicted octanol–water partition coefficient (Wildman–Crippen LogP) is -0.132. The van der Waals surface area contributed by atoms with Crippen LogP contribution in [-0.2, 0) is 4.79 Å². The fourth-order valence-corrected chi connectivity index (χ4v) is 1.67. The van der Waals surface area contributed by atoms with E-state index in [1.165, 1.54) is 0 Å². The van der Waals surface area contributed by atoms with E-state index in [0.717, 1.165) is 25.9 Å². The summed E-state index contributed by atoms with van der Waals surface area (Å²) in [4.78, 5) is 12.8. The van der Waals surface area contributed by atoms with Crippen molar-refractivity contribution in [3.8, 4) is 0 Å². The fraction of sp³-hybridized carbons (Fsp3) is 0.875. The maximum atomic E-state index is 10.6. The van der Waals surface area contributed by atoms with Crippen molar-refractivity contribution < 1.29 is 4.79 Å². The van der Waals surface area contributed by atoms with Crippen molar-refractivity contribution >= 4 is 6.29 Å². The fourth-order valence-electron chi connectivity index (χ4n) is 1.67. The average Bonchev–Trinajstić information content (AvgIpc) is 2.04. The van der Waals surface area contributed by atoms with Crippen LogP contribution < -0.4 is 5.32 Å². The van der Waals surface area contributed by atoms with Crippen LogP contribution in [-0.4, -0.2) is 42.9 Å². The molecule has 0 spiro atoms. The van der Waals surface area contributed by atoms with E-state index >= 15 is 0 Å². The second kappa shape index (κ2) is 3.83. The molecule has 0 bridgehead atoms. The summed E-state index contributed by atoms with van der Waals surface area (Å²) in [5.41, 5.74) is 0. The van der Waals surface area contributed by atoms with Gasteiger partial charge < -0.3 is 10.1 Å². The van der Waals surface area contributed by atoms with E-state index in [9.17, 15) is 4.79 Å². The molecule has 0 aliphatic carbocycles. The Balaban J connectivity index is 2.55. The Morgan fingerprint density at radius 3 is 2.82 bits per heavy atom. The van der Waals surface area contributed by atoms with Gasteiger partial charge in [-0.3, -0.25) is 4.90 Å². The number of carbonyl (C=O) groups is 1. The summed E-state index contributed by atoms with van der Waals surface area (Å²) in [6.45, 7) is 7.01. The van der Waals surface area contributed by atoms with Crippen LogP contribution in [0.15, 0.2) is 0 Å². The Bertz CT molecular complexity index is 138. The Morgan fingerprint density at radius 1 is 1.64 bits per heavy atom. The molecule has 1 aliphatic rings. The number of rotatable bonds is 2. The number of hydrogen-bond acceptors (Lipinski definition) is 3. The molecule has 1 heterocycles. The molecule has 0 amide bonds. The third-order valence-electron chi connectivity index (χ3n) is 2.31. The molecule has 1 fully saturated rings. The summed E-state index contributed by atoms with van der Waals surface area (Å²) in [6.07, 6.45) is 1.03. The standard InChI is InChI=1S/C8H16N2O/c1-3-10-7(2)4-9-5-8(10)6-11/h6-9H,3-5H2,1-2H3. The average molecular weight is 156 g/mol. The van der Waals surface area contributed by atoms with Crippen molar-refractivity contribution in [3.63, 3.8) is 0 Å². The van der Waals surface area contributed by atoms with Crippen molar-refractivity contribution in [2.24, 2.45) is 0 Å². The lowest BCUT2D eigenvalue weighted by Gasteiger charge is -2.37. The maximum absolute atomic E-state index is 10.6. The third-order valence-corrected chi connectivity index (χ3v) is 2.31. The maximum Gasteiger partial charge on any atom is 0.138 e. The molecule has 2 unspecified atom stereocenters.